The Morgan fingerprint density at radius 1 is 1.41 bits per heavy atom. The molecule has 1 heterocycles. The Bertz CT molecular complexity index is 682. The molecule has 0 radical (unpaired) electrons. The van der Waals surface area contributed by atoms with Crippen LogP contribution in [0.3, 0.4) is 0 Å². The van der Waals surface area contributed by atoms with Gasteiger partial charge >= 0.3 is 0 Å². The van der Waals surface area contributed by atoms with Gasteiger partial charge in [-0.25, -0.2) is 4.39 Å². The molecule has 1 fully saturated rings. The van der Waals surface area contributed by atoms with Crippen LogP contribution in [-0.2, 0) is 0 Å². The molecule has 1 aliphatic rings. The summed E-state index contributed by atoms with van der Waals surface area (Å²) in [4.78, 5) is 12.1. The molecule has 0 aliphatic heterocycles. The van der Waals surface area contributed by atoms with Crippen LogP contribution in [0.5, 0.6) is 0 Å². The maximum atomic E-state index is 13.8. The van der Waals surface area contributed by atoms with Crippen LogP contribution >= 0.6 is 36.2 Å². The van der Waals surface area contributed by atoms with E-state index < -0.39 is 11.7 Å². The van der Waals surface area contributed by atoms with Gasteiger partial charge in [0.15, 0.2) is 0 Å². The number of hydrogen-bond acceptors (Lipinski definition) is 5. The molecule has 120 valence electrons. The molecule has 1 amide bonds. The van der Waals surface area contributed by atoms with E-state index in [0.717, 1.165) is 17.0 Å². The molecule has 22 heavy (non-hydrogen) atoms. The van der Waals surface area contributed by atoms with E-state index in [1.54, 1.807) is 19.1 Å². The summed E-state index contributed by atoms with van der Waals surface area (Å²) in [5.74, 6) is -0.845. The highest BCUT2D eigenvalue weighted by atomic mass is 35.5. The van der Waals surface area contributed by atoms with Crippen molar-refractivity contribution >= 4 is 47.2 Å². The normalized spacial score (nSPS) is 18.9. The van der Waals surface area contributed by atoms with Crippen molar-refractivity contribution in [1.82, 2.24) is 10.2 Å². The number of hydrogen-bond donors (Lipinski definition) is 2. The third-order valence-corrected chi connectivity index (χ3v) is 4.00. The highest BCUT2D eigenvalue weighted by Crippen LogP contribution is 2.39. The van der Waals surface area contributed by atoms with E-state index in [4.69, 9.17) is 5.73 Å². The van der Waals surface area contributed by atoms with Crippen molar-refractivity contribution in [3.63, 3.8) is 0 Å². The number of carbonyl (C=O) groups excluding carboxylic acids is 1. The molecule has 0 bridgehead atoms. The van der Waals surface area contributed by atoms with Crippen LogP contribution in [0.1, 0.15) is 33.3 Å². The lowest BCUT2D eigenvalue weighted by Crippen LogP contribution is -2.14. The lowest BCUT2D eigenvalue weighted by molar-refractivity contribution is 0.102. The predicted molar refractivity (Wildman–Crippen MR) is 88.8 cm³/mol. The Kier molecular flexibility index (Phi) is 6.25. The zero-order chi connectivity index (χ0) is 14.3. The first-order valence-corrected chi connectivity index (χ1v) is 7.02. The molecule has 0 spiro atoms. The minimum Gasteiger partial charge on any atom is -0.327 e. The third kappa shape index (κ3) is 3.92. The molecule has 1 saturated carbocycles. The number of rotatable bonds is 3. The molecule has 9 heteroatoms. The first kappa shape index (κ1) is 18.8. The monoisotopic (exact) mass is 364 g/mol. The summed E-state index contributed by atoms with van der Waals surface area (Å²) < 4.78 is 13.8. The summed E-state index contributed by atoms with van der Waals surface area (Å²) in [6.07, 6.45) is 0.877. The van der Waals surface area contributed by atoms with Gasteiger partial charge in [0.25, 0.3) is 5.91 Å². The van der Waals surface area contributed by atoms with Gasteiger partial charge < -0.3 is 5.73 Å². The number of halogens is 3. The first-order valence-electron chi connectivity index (χ1n) is 6.21. The minimum absolute atomic E-state index is 0. The van der Waals surface area contributed by atoms with Crippen LogP contribution in [0.2, 0.25) is 0 Å². The number of amides is 1. The summed E-state index contributed by atoms with van der Waals surface area (Å²) >= 11 is 1.24. The van der Waals surface area contributed by atoms with Crippen molar-refractivity contribution in [1.29, 1.82) is 0 Å². The maximum absolute atomic E-state index is 13.8. The van der Waals surface area contributed by atoms with E-state index in [1.165, 1.54) is 17.4 Å². The molecule has 0 saturated heterocycles. The second-order valence-corrected chi connectivity index (χ2v) is 6.01. The van der Waals surface area contributed by atoms with E-state index >= 15 is 0 Å². The van der Waals surface area contributed by atoms with Crippen LogP contribution in [0, 0.1) is 12.7 Å². The summed E-state index contributed by atoms with van der Waals surface area (Å²) in [5.41, 5.74) is 6.69. The van der Waals surface area contributed by atoms with Crippen LogP contribution < -0.4 is 11.1 Å². The number of aryl methyl sites for hydroxylation is 1. The molecule has 1 aromatic carbocycles. The van der Waals surface area contributed by atoms with Crippen molar-refractivity contribution in [2.75, 3.05) is 5.32 Å². The Morgan fingerprint density at radius 2 is 2.09 bits per heavy atom. The van der Waals surface area contributed by atoms with Crippen LogP contribution in [0.15, 0.2) is 18.2 Å². The highest BCUT2D eigenvalue weighted by molar-refractivity contribution is 7.15. The largest absolute Gasteiger partial charge is 0.327 e. The number of anilines is 1. The van der Waals surface area contributed by atoms with Crippen molar-refractivity contribution in [3.8, 4) is 0 Å². The van der Waals surface area contributed by atoms with Gasteiger partial charge in [0.1, 0.15) is 10.8 Å². The van der Waals surface area contributed by atoms with Gasteiger partial charge in [0.05, 0.1) is 5.56 Å². The van der Waals surface area contributed by atoms with Gasteiger partial charge in [-0.05, 0) is 31.0 Å². The standard InChI is InChI=1S/C13H13FN4OS.2ClH/c1-6-17-18-13(20-6)16-12(19)9-4-7(2-3-10(9)14)8-5-11(8)15;;/h2-4,8,11H,5,15H2,1H3,(H,16,18,19);2*1H/t8-,11+;;/m0../s1. The number of nitrogens with two attached hydrogens (primary N) is 1. The zero-order valence-corrected chi connectivity index (χ0v) is 14.0. The second-order valence-electron chi connectivity index (χ2n) is 4.83. The summed E-state index contributed by atoms with van der Waals surface area (Å²) in [6.45, 7) is 1.78. The fourth-order valence-electron chi connectivity index (χ4n) is 2.06. The van der Waals surface area contributed by atoms with Crippen molar-refractivity contribution in [3.05, 3.63) is 40.2 Å². The number of nitrogens with zero attached hydrogens (tertiary/aromatic N) is 2. The van der Waals surface area contributed by atoms with Crippen molar-refractivity contribution < 1.29 is 9.18 Å². The second kappa shape index (κ2) is 7.32. The smallest absolute Gasteiger partial charge is 0.260 e. The quantitative estimate of drug-likeness (QED) is 0.877. The number of carbonyl (C=O) groups is 1. The molecule has 2 atom stereocenters. The first-order chi connectivity index (χ1) is 9.54. The van der Waals surface area contributed by atoms with Crippen LogP contribution in [0.25, 0.3) is 0 Å². The molecule has 1 aliphatic carbocycles. The lowest BCUT2D eigenvalue weighted by atomic mass is 10.1. The fourth-order valence-corrected chi connectivity index (χ4v) is 2.64. The Labute approximate surface area is 143 Å². The van der Waals surface area contributed by atoms with Crippen LogP contribution in [-0.4, -0.2) is 22.1 Å². The molecule has 1 aromatic heterocycles. The predicted octanol–water partition coefficient (Wildman–Crippen LogP) is 2.90. The van der Waals surface area contributed by atoms with E-state index in [0.29, 0.717) is 5.13 Å². The summed E-state index contributed by atoms with van der Waals surface area (Å²) in [7, 11) is 0. The summed E-state index contributed by atoms with van der Waals surface area (Å²) in [5, 5.41) is 11.2. The van der Waals surface area contributed by atoms with Gasteiger partial charge in [-0.15, -0.1) is 35.0 Å². The molecular formula is C13H15Cl2FN4OS. The molecular weight excluding hydrogens is 350 g/mol. The van der Waals surface area contributed by atoms with E-state index in [1.807, 2.05) is 0 Å². The SMILES string of the molecule is Cc1nnc(NC(=O)c2cc([C@@H]3C[C@H]3N)ccc2F)s1.Cl.Cl. The van der Waals surface area contributed by atoms with Crippen molar-refractivity contribution in [2.45, 2.75) is 25.3 Å². The number of aromatic nitrogens is 2. The Morgan fingerprint density at radius 3 is 2.64 bits per heavy atom. The van der Waals surface area contributed by atoms with E-state index in [-0.39, 0.29) is 42.3 Å². The number of benzene rings is 1. The van der Waals surface area contributed by atoms with Crippen molar-refractivity contribution in [2.24, 2.45) is 5.73 Å². The fraction of sp³-hybridized carbons (Fsp3) is 0.308. The Hall–Kier alpha value is -1.28. The van der Waals surface area contributed by atoms with E-state index in [9.17, 15) is 9.18 Å². The lowest BCUT2D eigenvalue weighted by Gasteiger charge is -2.06. The third-order valence-electron chi connectivity index (χ3n) is 3.25. The topological polar surface area (TPSA) is 80.9 Å². The van der Waals surface area contributed by atoms with Gasteiger partial charge in [0.2, 0.25) is 5.13 Å². The maximum Gasteiger partial charge on any atom is 0.260 e. The molecule has 3 N–H and O–H groups in total. The molecule has 0 unspecified atom stereocenters. The molecule has 3 rings (SSSR count). The zero-order valence-electron chi connectivity index (χ0n) is 11.6. The van der Waals surface area contributed by atoms with Gasteiger partial charge in [-0.3, -0.25) is 10.1 Å². The molecule has 5 nitrogen and oxygen atoms in total. The van der Waals surface area contributed by atoms with Gasteiger partial charge in [-0.1, -0.05) is 17.4 Å². The van der Waals surface area contributed by atoms with E-state index in [2.05, 4.69) is 15.5 Å². The highest BCUT2D eigenvalue weighted by Gasteiger charge is 2.35. The summed E-state index contributed by atoms with van der Waals surface area (Å²) in [6, 6.07) is 4.66. The minimum atomic E-state index is -0.554. The Balaban J connectivity index is 0.00000121. The van der Waals surface area contributed by atoms with Gasteiger partial charge in [0, 0.05) is 12.0 Å². The molecule has 2 aromatic rings. The van der Waals surface area contributed by atoms with Gasteiger partial charge in [-0.2, -0.15) is 0 Å². The average molecular weight is 365 g/mol. The average Bonchev–Trinajstić information content (AvgIpc) is 2.99. The number of nitrogens with one attached hydrogen (secondary N) is 1. The van der Waals surface area contributed by atoms with Crippen LogP contribution in [0.4, 0.5) is 9.52 Å².